The van der Waals surface area contributed by atoms with Crippen molar-refractivity contribution < 1.29 is 14.4 Å². The summed E-state index contributed by atoms with van der Waals surface area (Å²) < 4.78 is 4.70. The highest BCUT2D eigenvalue weighted by molar-refractivity contribution is 5.88. The second kappa shape index (κ2) is 3.79. The molecule has 1 fully saturated rings. The molecule has 2 N–H and O–H groups in total. The molecular formula is C9H12N2O3. The minimum Gasteiger partial charge on any atom is -0.478 e. The highest BCUT2D eigenvalue weighted by Crippen LogP contribution is 2.24. The third-order valence-corrected chi connectivity index (χ3v) is 2.51. The van der Waals surface area contributed by atoms with Crippen LogP contribution < -0.4 is 5.32 Å². The lowest BCUT2D eigenvalue weighted by Crippen LogP contribution is -2.29. The van der Waals surface area contributed by atoms with Crippen LogP contribution in [0.1, 0.15) is 34.8 Å². The van der Waals surface area contributed by atoms with Gasteiger partial charge in [0.2, 0.25) is 0 Å². The van der Waals surface area contributed by atoms with Gasteiger partial charge in [0.05, 0.1) is 0 Å². The molecule has 1 aromatic heterocycles. The van der Waals surface area contributed by atoms with Gasteiger partial charge in [-0.2, -0.15) is 0 Å². The first kappa shape index (κ1) is 9.21. The molecule has 76 valence electrons. The van der Waals surface area contributed by atoms with E-state index in [1.807, 2.05) is 0 Å². The Morgan fingerprint density at radius 1 is 1.71 bits per heavy atom. The Kier molecular flexibility index (Phi) is 2.49. The van der Waals surface area contributed by atoms with Crippen LogP contribution in [0, 0.1) is 0 Å². The summed E-state index contributed by atoms with van der Waals surface area (Å²) in [5.74, 6) is -0.791. The zero-order valence-electron chi connectivity index (χ0n) is 7.69. The molecule has 1 unspecified atom stereocenters. The number of carbonyl (C=O) groups is 1. The van der Waals surface area contributed by atoms with Gasteiger partial charge in [-0.3, -0.25) is 0 Å². The monoisotopic (exact) mass is 196 g/mol. The summed E-state index contributed by atoms with van der Waals surface area (Å²) in [7, 11) is 0. The second-order valence-corrected chi connectivity index (χ2v) is 3.46. The van der Waals surface area contributed by atoms with E-state index in [2.05, 4.69) is 10.5 Å². The largest absolute Gasteiger partial charge is 0.478 e. The van der Waals surface area contributed by atoms with Crippen molar-refractivity contribution in [3.05, 3.63) is 17.5 Å². The maximum absolute atomic E-state index is 10.8. The van der Waals surface area contributed by atoms with Crippen LogP contribution in [-0.2, 0) is 0 Å². The SMILES string of the molecule is O=C(O)c1conc1C1CCCNC1. The molecule has 0 aromatic carbocycles. The van der Waals surface area contributed by atoms with Gasteiger partial charge in [0.25, 0.3) is 0 Å². The van der Waals surface area contributed by atoms with Crippen LogP contribution >= 0.6 is 0 Å². The van der Waals surface area contributed by atoms with Crippen molar-refractivity contribution in [2.24, 2.45) is 0 Å². The smallest absolute Gasteiger partial charge is 0.340 e. The van der Waals surface area contributed by atoms with Crippen molar-refractivity contribution >= 4 is 5.97 Å². The Labute approximate surface area is 81.1 Å². The molecule has 2 heterocycles. The molecule has 0 aliphatic carbocycles. The molecule has 1 aliphatic rings. The van der Waals surface area contributed by atoms with Gasteiger partial charge in [-0.1, -0.05) is 5.16 Å². The Morgan fingerprint density at radius 3 is 3.21 bits per heavy atom. The van der Waals surface area contributed by atoms with E-state index in [-0.39, 0.29) is 11.5 Å². The second-order valence-electron chi connectivity index (χ2n) is 3.46. The van der Waals surface area contributed by atoms with Crippen LogP contribution in [0.2, 0.25) is 0 Å². The molecule has 1 aliphatic heterocycles. The highest BCUT2D eigenvalue weighted by Gasteiger charge is 2.24. The lowest BCUT2D eigenvalue weighted by atomic mass is 9.94. The predicted octanol–water partition coefficient (Wildman–Crippen LogP) is 0.840. The zero-order valence-corrected chi connectivity index (χ0v) is 7.69. The fraction of sp³-hybridized carbons (Fsp3) is 0.556. The van der Waals surface area contributed by atoms with Crippen LogP contribution in [0.25, 0.3) is 0 Å². The Bertz CT molecular complexity index is 329. The number of carboxylic acids is 1. The van der Waals surface area contributed by atoms with Crippen LogP contribution in [-0.4, -0.2) is 29.3 Å². The van der Waals surface area contributed by atoms with Crippen molar-refractivity contribution in [1.82, 2.24) is 10.5 Å². The first-order valence-corrected chi connectivity index (χ1v) is 4.67. The molecule has 1 saturated heterocycles. The summed E-state index contributed by atoms with van der Waals surface area (Å²) in [6.45, 7) is 1.78. The average Bonchev–Trinajstić information content (AvgIpc) is 2.67. The Morgan fingerprint density at radius 2 is 2.57 bits per heavy atom. The molecule has 1 atom stereocenters. The van der Waals surface area contributed by atoms with Crippen molar-refractivity contribution in [2.75, 3.05) is 13.1 Å². The third-order valence-electron chi connectivity index (χ3n) is 2.51. The van der Waals surface area contributed by atoms with Crippen LogP contribution in [0.5, 0.6) is 0 Å². The van der Waals surface area contributed by atoms with Crippen LogP contribution in [0.15, 0.2) is 10.8 Å². The van der Waals surface area contributed by atoms with E-state index in [0.29, 0.717) is 5.69 Å². The Balaban J connectivity index is 2.21. The molecule has 0 radical (unpaired) electrons. The summed E-state index contributed by atoms with van der Waals surface area (Å²) >= 11 is 0. The molecule has 0 amide bonds. The number of nitrogens with zero attached hydrogens (tertiary/aromatic N) is 1. The molecule has 0 bridgehead atoms. The van der Waals surface area contributed by atoms with Gasteiger partial charge < -0.3 is 14.9 Å². The zero-order chi connectivity index (χ0) is 9.97. The van der Waals surface area contributed by atoms with Crippen molar-refractivity contribution in [3.63, 3.8) is 0 Å². The van der Waals surface area contributed by atoms with E-state index in [9.17, 15) is 4.79 Å². The first-order valence-electron chi connectivity index (χ1n) is 4.67. The first-order chi connectivity index (χ1) is 6.79. The van der Waals surface area contributed by atoms with E-state index in [0.717, 1.165) is 25.9 Å². The van der Waals surface area contributed by atoms with E-state index >= 15 is 0 Å². The Hall–Kier alpha value is -1.36. The molecule has 14 heavy (non-hydrogen) atoms. The van der Waals surface area contributed by atoms with Crippen molar-refractivity contribution in [1.29, 1.82) is 0 Å². The number of carboxylic acid groups (broad SMARTS) is 1. The number of aromatic carboxylic acids is 1. The standard InChI is InChI=1S/C9H12N2O3/c12-9(13)7-5-14-11-8(7)6-2-1-3-10-4-6/h5-6,10H,1-4H2,(H,12,13). The molecule has 0 saturated carbocycles. The summed E-state index contributed by atoms with van der Waals surface area (Å²) in [6.07, 6.45) is 3.22. The van der Waals surface area contributed by atoms with E-state index in [4.69, 9.17) is 9.63 Å². The third kappa shape index (κ3) is 1.63. The summed E-state index contributed by atoms with van der Waals surface area (Å²) in [4.78, 5) is 10.8. The maximum atomic E-state index is 10.8. The number of rotatable bonds is 2. The fourth-order valence-electron chi connectivity index (χ4n) is 1.79. The summed E-state index contributed by atoms with van der Waals surface area (Å²) in [5, 5.41) is 15.8. The lowest BCUT2D eigenvalue weighted by Gasteiger charge is -2.20. The topological polar surface area (TPSA) is 75.4 Å². The van der Waals surface area contributed by atoms with Crippen LogP contribution in [0.3, 0.4) is 0 Å². The van der Waals surface area contributed by atoms with Gasteiger partial charge in [0.15, 0.2) is 0 Å². The summed E-state index contributed by atoms with van der Waals surface area (Å²) in [6, 6.07) is 0. The van der Waals surface area contributed by atoms with Gasteiger partial charge in [-0.05, 0) is 19.4 Å². The lowest BCUT2D eigenvalue weighted by molar-refractivity contribution is 0.0694. The predicted molar refractivity (Wildman–Crippen MR) is 48.3 cm³/mol. The number of aromatic nitrogens is 1. The minimum absolute atomic E-state index is 0.175. The maximum Gasteiger partial charge on any atom is 0.340 e. The average molecular weight is 196 g/mol. The molecular weight excluding hydrogens is 184 g/mol. The van der Waals surface area contributed by atoms with E-state index in [1.165, 1.54) is 6.26 Å². The molecule has 2 rings (SSSR count). The van der Waals surface area contributed by atoms with Gasteiger partial charge in [-0.15, -0.1) is 0 Å². The molecule has 5 nitrogen and oxygen atoms in total. The summed E-state index contributed by atoms with van der Waals surface area (Å²) in [5.41, 5.74) is 0.767. The number of hydrogen-bond acceptors (Lipinski definition) is 4. The number of hydrogen-bond donors (Lipinski definition) is 2. The van der Waals surface area contributed by atoms with Gasteiger partial charge in [-0.25, -0.2) is 4.79 Å². The number of nitrogens with one attached hydrogen (secondary N) is 1. The normalized spacial score (nSPS) is 22.1. The van der Waals surface area contributed by atoms with Gasteiger partial charge in [0, 0.05) is 12.5 Å². The number of piperidine rings is 1. The molecule has 1 aromatic rings. The van der Waals surface area contributed by atoms with Crippen molar-refractivity contribution in [2.45, 2.75) is 18.8 Å². The van der Waals surface area contributed by atoms with Gasteiger partial charge >= 0.3 is 5.97 Å². The molecule has 0 spiro atoms. The van der Waals surface area contributed by atoms with E-state index < -0.39 is 5.97 Å². The van der Waals surface area contributed by atoms with Crippen LogP contribution in [0.4, 0.5) is 0 Å². The van der Waals surface area contributed by atoms with Crippen molar-refractivity contribution in [3.8, 4) is 0 Å². The minimum atomic E-state index is -0.966. The fourth-order valence-corrected chi connectivity index (χ4v) is 1.79. The van der Waals surface area contributed by atoms with Gasteiger partial charge in [0.1, 0.15) is 17.5 Å². The molecule has 5 heteroatoms. The highest BCUT2D eigenvalue weighted by atomic mass is 16.5. The van der Waals surface area contributed by atoms with E-state index in [1.54, 1.807) is 0 Å². The quantitative estimate of drug-likeness (QED) is 0.733.